The molecule has 1 aliphatic carbocycles. The summed E-state index contributed by atoms with van der Waals surface area (Å²) in [6.45, 7) is 15.9. The first-order valence-electron chi connectivity index (χ1n) is 5.91. The van der Waals surface area contributed by atoms with Crippen molar-refractivity contribution in [2.45, 2.75) is 53.0 Å². The summed E-state index contributed by atoms with van der Waals surface area (Å²) < 4.78 is 0. The van der Waals surface area contributed by atoms with Gasteiger partial charge in [0.05, 0.1) is 0 Å². The number of nitrogens with zero attached hydrogens (tertiary/aromatic N) is 1. The Morgan fingerprint density at radius 3 is 2.07 bits per heavy atom. The molecule has 1 saturated carbocycles. The molecule has 1 rings (SSSR count). The molecule has 1 nitrogen and oxygen atoms in total. The van der Waals surface area contributed by atoms with E-state index >= 15 is 0 Å². The molecule has 0 saturated heterocycles. The van der Waals surface area contributed by atoms with Crippen LogP contribution in [0.5, 0.6) is 0 Å². The van der Waals surface area contributed by atoms with E-state index in [0.29, 0.717) is 6.04 Å². The van der Waals surface area contributed by atoms with E-state index in [0.717, 1.165) is 5.70 Å². The summed E-state index contributed by atoms with van der Waals surface area (Å²) in [5, 5.41) is 0. The Morgan fingerprint density at radius 1 is 1.27 bits per heavy atom. The molecular formula is C14H25N. The van der Waals surface area contributed by atoms with Gasteiger partial charge in [0.25, 0.3) is 0 Å². The first-order valence-corrected chi connectivity index (χ1v) is 5.91. The van der Waals surface area contributed by atoms with E-state index in [2.05, 4.69) is 31.9 Å². The summed E-state index contributed by atoms with van der Waals surface area (Å²) in [6.07, 6.45) is 7.84. The van der Waals surface area contributed by atoms with Crippen molar-refractivity contribution < 1.29 is 0 Å². The van der Waals surface area contributed by atoms with Gasteiger partial charge in [-0.2, -0.15) is 0 Å². The van der Waals surface area contributed by atoms with Crippen LogP contribution in [0.25, 0.3) is 0 Å². The molecule has 0 amide bonds. The molecule has 15 heavy (non-hydrogen) atoms. The molecule has 1 heteroatoms. The van der Waals surface area contributed by atoms with Gasteiger partial charge in [0.1, 0.15) is 0 Å². The van der Waals surface area contributed by atoms with Gasteiger partial charge in [-0.25, -0.2) is 0 Å². The van der Waals surface area contributed by atoms with Gasteiger partial charge in [-0.3, -0.25) is 0 Å². The summed E-state index contributed by atoms with van der Waals surface area (Å²) in [4.78, 5) is 2.32. The van der Waals surface area contributed by atoms with Crippen LogP contribution in [0.4, 0.5) is 0 Å². The molecule has 1 aliphatic rings. The van der Waals surface area contributed by atoms with Crippen LogP contribution in [0.1, 0.15) is 47.0 Å². The number of hydrogen-bond donors (Lipinski definition) is 0. The average molecular weight is 207 g/mol. The lowest BCUT2D eigenvalue weighted by molar-refractivity contribution is 0.209. The lowest BCUT2D eigenvalue weighted by atomic mass is 9.90. The van der Waals surface area contributed by atoms with Crippen molar-refractivity contribution in [2.24, 2.45) is 0 Å². The normalized spacial score (nSPS) is 15.9. The predicted molar refractivity (Wildman–Crippen MR) is 69.6 cm³/mol. The van der Waals surface area contributed by atoms with Crippen molar-refractivity contribution in [2.75, 3.05) is 0 Å². The summed E-state index contributed by atoms with van der Waals surface area (Å²) >= 11 is 0. The maximum Gasteiger partial charge on any atom is 0.0335 e. The van der Waals surface area contributed by atoms with E-state index in [-0.39, 0.29) is 0 Å². The second-order valence-electron chi connectivity index (χ2n) is 3.73. The topological polar surface area (TPSA) is 3.24 Å². The van der Waals surface area contributed by atoms with Gasteiger partial charge in [-0.1, -0.05) is 33.1 Å². The summed E-state index contributed by atoms with van der Waals surface area (Å²) in [5.74, 6) is 0. The van der Waals surface area contributed by atoms with Crippen LogP contribution < -0.4 is 0 Å². The quantitative estimate of drug-likeness (QED) is 0.614. The summed E-state index contributed by atoms with van der Waals surface area (Å²) in [6, 6.07) is 0.689. The molecule has 86 valence electrons. The second kappa shape index (κ2) is 7.33. The standard InChI is InChI=1S/C12H19N.C2H6/c1-5-7-11(4)13(10(2)3)12-8-6-9-12;1-2/h5,7,12H,1-2,6,8-9H2,3-4H3;1-2H3/b11-7+;. The highest BCUT2D eigenvalue weighted by Crippen LogP contribution is 2.30. The van der Waals surface area contributed by atoms with Gasteiger partial charge in [-0.15, -0.1) is 0 Å². The zero-order valence-electron chi connectivity index (χ0n) is 10.7. The maximum absolute atomic E-state index is 4.01. The highest BCUT2D eigenvalue weighted by Gasteiger charge is 2.25. The van der Waals surface area contributed by atoms with Gasteiger partial charge in [0, 0.05) is 17.4 Å². The first kappa shape index (κ1) is 14.0. The molecular weight excluding hydrogens is 182 g/mol. The second-order valence-corrected chi connectivity index (χ2v) is 3.73. The lowest BCUT2D eigenvalue weighted by Gasteiger charge is -2.39. The Morgan fingerprint density at radius 2 is 1.80 bits per heavy atom. The van der Waals surface area contributed by atoms with E-state index in [4.69, 9.17) is 0 Å². The molecule has 0 aromatic heterocycles. The Kier molecular flexibility index (Phi) is 6.85. The average Bonchev–Trinajstić information content (AvgIpc) is 2.14. The fraction of sp³-hybridized carbons (Fsp3) is 0.571. The molecule has 0 bridgehead atoms. The minimum atomic E-state index is 0.689. The Hall–Kier alpha value is -0.980. The van der Waals surface area contributed by atoms with Crippen LogP contribution in [0.2, 0.25) is 0 Å². The van der Waals surface area contributed by atoms with Crippen molar-refractivity contribution >= 4 is 0 Å². The van der Waals surface area contributed by atoms with E-state index in [1.807, 2.05) is 26.0 Å². The molecule has 0 radical (unpaired) electrons. The van der Waals surface area contributed by atoms with Gasteiger partial charge < -0.3 is 4.90 Å². The van der Waals surface area contributed by atoms with Crippen LogP contribution >= 0.6 is 0 Å². The van der Waals surface area contributed by atoms with Gasteiger partial charge in [0.2, 0.25) is 0 Å². The summed E-state index contributed by atoms with van der Waals surface area (Å²) in [5.41, 5.74) is 2.40. The van der Waals surface area contributed by atoms with Gasteiger partial charge in [-0.05, 0) is 39.2 Å². The van der Waals surface area contributed by atoms with Gasteiger partial charge >= 0.3 is 0 Å². The molecule has 0 heterocycles. The highest BCUT2D eigenvalue weighted by molar-refractivity contribution is 5.15. The fourth-order valence-corrected chi connectivity index (χ4v) is 1.80. The highest BCUT2D eigenvalue weighted by atomic mass is 15.2. The minimum Gasteiger partial charge on any atom is -0.347 e. The fourth-order valence-electron chi connectivity index (χ4n) is 1.80. The summed E-state index contributed by atoms with van der Waals surface area (Å²) in [7, 11) is 0. The first-order chi connectivity index (χ1) is 7.16. The largest absolute Gasteiger partial charge is 0.347 e. The SMILES string of the molecule is C=C/C=C(\C)N(C(=C)C)C1CCC1.CC. The molecule has 0 spiro atoms. The lowest BCUT2D eigenvalue weighted by Crippen LogP contribution is -2.37. The Labute approximate surface area is 95.2 Å². The van der Waals surface area contributed by atoms with Gasteiger partial charge in [0.15, 0.2) is 0 Å². The van der Waals surface area contributed by atoms with E-state index in [9.17, 15) is 0 Å². The van der Waals surface area contributed by atoms with Crippen molar-refractivity contribution in [3.63, 3.8) is 0 Å². The number of rotatable bonds is 4. The number of hydrogen-bond acceptors (Lipinski definition) is 1. The Balaban J connectivity index is 0.000000921. The van der Waals surface area contributed by atoms with Crippen LogP contribution in [-0.4, -0.2) is 10.9 Å². The van der Waals surface area contributed by atoms with Crippen molar-refractivity contribution in [1.29, 1.82) is 0 Å². The predicted octanol–water partition coefficient (Wildman–Crippen LogP) is 4.49. The van der Waals surface area contributed by atoms with Crippen molar-refractivity contribution in [3.05, 3.63) is 36.7 Å². The van der Waals surface area contributed by atoms with E-state index < -0.39 is 0 Å². The van der Waals surface area contributed by atoms with E-state index in [1.165, 1.54) is 25.0 Å². The van der Waals surface area contributed by atoms with Crippen molar-refractivity contribution in [1.82, 2.24) is 4.90 Å². The van der Waals surface area contributed by atoms with Crippen LogP contribution in [-0.2, 0) is 0 Å². The maximum atomic E-state index is 4.01. The third kappa shape index (κ3) is 3.94. The molecule has 0 aromatic carbocycles. The molecule has 0 N–H and O–H groups in total. The zero-order chi connectivity index (χ0) is 11.8. The molecule has 0 aromatic rings. The van der Waals surface area contributed by atoms with Crippen LogP contribution in [0, 0.1) is 0 Å². The molecule has 0 aliphatic heterocycles. The Bertz CT molecular complexity index is 234. The third-order valence-corrected chi connectivity index (χ3v) is 2.59. The van der Waals surface area contributed by atoms with Crippen LogP contribution in [0.3, 0.4) is 0 Å². The smallest absolute Gasteiger partial charge is 0.0335 e. The number of allylic oxidation sites excluding steroid dienone is 4. The van der Waals surface area contributed by atoms with E-state index in [1.54, 1.807) is 0 Å². The third-order valence-electron chi connectivity index (χ3n) is 2.59. The molecule has 0 unspecified atom stereocenters. The molecule has 0 atom stereocenters. The molecule has 1 fully saturated rings. The van der Waals surface area contributed by atoms with Crippen molar-refractivity contribution in [3.8, 4) is 0 Å². The zero-order valence-corrected chi connectivity index (χ0v) is 10.7. The van der Waals surface area contributed by atoms with Crippen LogP contribution in [0.15, 0.2) is 36.7 Å². The monoisotopic (exact) mass is 207 g/mol. The minimum absolute atomic E-state index is 0.689.